The predicted octanol–water partition coefficient (Wildman–Crippen LogP) is 4.70. The molecule has 1 fully saturated rings. The molecule has 5 nitrogen and oxygen atoms in total. The van der Waals surface area contributed by atoms with E-state index in [0.29, 0.717) is 30.7 Å². The van der Waals surface area contributed by atoms with Crippen molar-refractivity contribution in [1.29, 1.82) is 0 Å². The van der Waals surface area contributed by atoms with Crippen molar-refractivity contribution in [2.45, 2.75) is 51.1 Å². The SMILES string of the molecule is Clc1ccccc1Cc1noc(CN2CCCC[C@H]2CCc2ccccn2)n1. The number of benzene rings is 1. The van der Waals surface area contributed by atoms with Crippen molar-refractivity contribution in [2.75, 3.05) is 6.54 Å². The zero-order valence-corrected chi connectivity index (χ0v) is 16.7. The number of aromatic nitrogens is 3. The molecule has 1 aliphatic rings. The van der Waals surface area contributed by atoms with Crippen LogP contribution < -0.4 is 0 Å². The van der Waals surface area contributed by atoms with Gasteiger partial charge >= 0.3 is 0 Å². The summed E-state index contributed by atoms with van der Waals surface area (Å²) in [6, 6.07) is 14.4. The molecule has 6 heteroatoms. The number of hydrogen-bond acceptors (Lipinski definition) is 5. The minimum Gasteiger partial charge on any atom is -0.338 e. The molecule has 0 unspecified atom stereocenters. The van der Waals surface area contributed by atoms with Gasteiger partial charge in [0.1, 0.15) is 0 Å². The van der Waals surface area contributed by atoms with Gasteiger partial charge in [0, 0.05) is 29.4 Å². The average molecular weight is 397 g/mol. The van der Waals surface area contributed by atoms with Gasteiger partial charge in [0.25, 0.3) is 0 Å². The Balaban J connectivity index is 1.36. The normalized spacial score (nSPS) is 17.7. The second kappa shape index (κ2) is 9.30. The smallest absolute Gasteiger partial charge is 0.240 e. The summed E-state index contributed by atoms with van der Waals surface area (Å²) in [5.41, 5.74) is 2.18. The summed E-state index contributed by atoms with van der Waals surface area (Å²) in [6.45, 7) is 1.79. The van der Waals surface area contributed by atoms with Gasteiger partial charge in [-0.2, -0.15) is 4.98 Å². The number of nitrogens with zero attached hydrogens (tertiary/aromatic N) is 4. The van der Waals surface area contributed by atoms with E-state index in [1.54, 1.807) is 0 Å². The molecule has 0 aliphatic carbocycles. The standard InChI is InChI=1S/C22H25ClN4O/c23-20-10-2-1-7-17(20)15-21-25-22(28-26-21)16-27-14-6-4-9-19(27)12-11-18-8-3-5-13-24-18/h1-3,5,7-8,10,13,19H,4,6,9,11-12,14-16H2/t19-/m0/s1. The molecule has 0 radical (unpaired) electrons. The third-order valence-electron chi connectivity index (χ3n) is 5.36. The van der Waals surface area contributed by atoms with E-state index in [-0.39, 0.29) is 0 Å². The van der Waals surface area contributed by atoms with Gasteiger partial charge in [-0.15, -0.1) is 0 Å². The molecule has 4 rings (SSSR count). The van der Waals surface area contributed by atoms with E-state index in [0.717, 1.165) is 35.7 Å². The lowest BCUT2D eigenvalue weighted by Crippen LogP contribution is -2.39. The Bertz CT molecular complexity index is 883. The quantitative estimate of drug-likeness (QED) is 0.579. The minimum atomic E-state index is 0.537. The van der Waals surface area contributed by atoms with Crippen LogP contribution in [0.3, 0.4) is 0 Å². The molecule has 3 aromatic rings. The van der Waals surface area contributed by atoms with Crippen molar-refractivity contribution in [2.24, 2.45) is 0 Å². The van der Waals surface area contributed by atoms with Gasteiger partial charge in [-0.25, -0.2) is 0 Å². The van der Waals surface area contributed by atoms with Gasteiger partial charge in [0.2, 0.25) is 5.89 Å². The number of halogens is 1. The second-order valence-electron chi connectivity index (χ2n) is 7.35. The molecule has 0 N–H and O–H groups in total. The predicted molar refractivity (Wildman–Crippen MR) is 109 cm³/mol. The Hall–Kier alpha value is -2.24. The summed E-state index contributed by atoms with van der Waals surface area (Å²) < 4.78 is 5.53. The monoisotopic (exact) mass is 396 g/mol. The van der Waals surface area contributed by atoms with Gasteiger partial charge in [0.15, 0.2) is 5.82 Å². The van der Waals surface area contributed by atoms with Crippen LogP contribution in [0.1, 0.15) is 48.7 Å². The topological polar surface area (TPSA) is 55.1 Å². The summed E-state index contributed by atoms with van der Waals surface area (Å²) in [5.74, 6) is 1.37. The lowest BCUT2D eigenvalue weighted by Gasteiger charge is -2.34. The summed E-state index contributed by atoms with van der Waals surface area (Å²) in [6.07, 6.45) is 8.29. The maximum atomic E-state index is 6.24. The zero-order valence-electron chi connectivity index (χ0n) is 15.9. The Labute approximate surface area is 170 Å². The molecule has 1 saturated heterocycles. The van der Waals surface area contributed by atoms with E-state index in [9.17, 15) is 0 Å². The van der Waals surface area contributed by atoms with Crippen LogP contribution in [0.5, 0.6) is 0 Å². The van der Waals surface area contributed by atoms with Crippen molar-refractivity contribution >= 4 is 11.6 Å². The highest BCUT2D eigenvalue weighted by atomic mass is 35.5. The van der Waals surface area contributed by atoms with Crippen LogP contribution in [-0.4, -0.2) is 32.6 Å². The molecule has 28 heavy (non-hydrogen) atoms. The zero-order chi connectivity index (χ0) is 19.2. The number of likely N-dealkylation sites (tertiary alicyclic amines) is 1. The highest BCUT2D eigenvalue weighted by molar-refractivity contribution is 6.31. The molecule has 0 bridgehead atoms. The van der Waals surface area contributed by atoms with Gasteiger partial charge < -0.3 is 4.52 Å². The Kier molecular flexibility index (Phi) is 6.34. The molecule has 1 atom stereocenters. The third kappa shape index (κ3) is 4.97. The molecule has 2 aromatic heterocycles. The first-order valence-corrected chi connectivity index (χ1v) is 10.3. The highest BCUT2D eigenvalue weighted by Gasteiger charge is 2.24. The van der Waals surface area contributed by atoms with Crippen molar-refractivity contribution in [3.8, 4) is 0 Å². The number of aryl methyl sites for hydroxylation is 1. The largest absolute Gasteiger partial charge is 0.338 e. The molecular formula is C22H25ClN4O. The molecule has 146 valence electrons. The first-order valence-electron chi connectivity index (χ1n) is 9.97. The van der Waals surface area contributed by atoms with E-state index in [1.807, 2.05) is 36.5 Å². The molecule has 0 amide bonds. The summed E-state index contributed by atoms with van der Waals surface area (Å²) >= 11 is 6.24. The van der Waals surface area contributed by atoms with Crippen molar-refractivity contribution < 1.29 is 4.52 Å². The lowest BCUT2D eigenvalue weighted by molar-refractivity contribution is 0.117. The van der Waals surface area contributed by atoms with E-state index in [4.69, 9.17) is 16.1 Å². The maximum absolute atomic E-state index is 6.24. The fourth-order valence-corrected chi connectivity index (χ4v) is 4.07. The number of hydrogen-bond donors (Lipinski definition) is 0. The van der Waals surface area contributed by atoms with Crippen LogP contribution in [0.4, 0.5) is 0 Å². The minimum absolute atomic E-state index is 0.537. The van der Waals surface area contributed by atoms with E-state index in [1.165, 1.54) is 19.3 Å². The highest BCUT2D eigenvalue weighted by Crippen LogP contribution is 2.23. The Morgan fingerprint density at radius 1 is 1.11 bits per heavy atom. The lowest BCUT2D eigenvalue weighted by atomic mass is 9.97. The average Bonchev–Trinajstić information content (AvgIpc) is 3.17. The van der Waals surface area contributed by atoms with Crippen molar-refractivity contribution in [3.63, 3.8) is 0 Å². The van der Waals surface area contributed by atoms with Crippen LogP contribution in [-0.2, 0) is 19.4 Å². The van der Waals surface area contributed by atoms with Gasteiger partial charge in [-0.05, 0) is 56.0 Å². The van der Waals surface area contributed by atoms with Crippen LogP contribution in [0.15, 0.2) is 53.2 Å². The third-order valence-corrected chi connectivity index (χ3v) is 5.73. The fraction of sp³-hybridized carbons (Fsp3) is 0.409. The van der Waals surface area contributed by atoms with Crippen LogP contribution in [0, 0.1) is 0 Å². The second-order valence-corrected chi connectivity index (χ2v) is 7.76. The van der Waals surface area contributed by atoms with Gasteiger partial charge in [-0.3, -0.25) is 9.88 Å². The van der Waals surface area contributed by atoms with Crippen LogP contribution >= 0.6 is 11.6 Å². The Morgan fingerprint density at radius 2 is 2.00 bits per heavy atom. The summed E-state index contributed by atoms with van der Waals surface area (Å²) in [5, 5.41) is 4.89. The van der Waals surface area contributed by atoms with Gasteiger partial charge in [-0.1, -0.05) is 47.4 Å². The number of pyridine rings is 1. The Morgan fingerprint density at radius 3 is 2.86 bits per heavy atom. The molecular weight excluding hydrogens is 372 g/mol. The van der Waals surface area contributed by atoms with Crippen LogP contribution in [0.25, 0.3) is 0 Å². The number of piperidine rings is 1. The van der Waals surface area contributed by atoms with E-state index < -0.39 is 0 Å². The van der Waals surface area contributed by atoms with E-state index >= 15 is 0 Å². The van der Waals surface area contributed by atoms with E-state index in [2.05, 4.69) is 32.2 Å². The molecule has 3 heterocycles. The summed E-state index contributed by atoms with van der Waals surface area (Å²) in [4.78, 5) is 11.5. The van der Waals surface area contributed by atoms with Crippen molar-refractivity contribution in [1.82, 2.24) is 20.0 Å². The molecule has 1 aliphatic heterocycles. The van der Waals surface area contributed by atoms with Crippen molar-refractivity contribution in [3.05, 3.63) is 76.7 Å². The fourth-order valence-electron chi connectivity index (χ4n) is 3.87. The molecule has 1 aromatic carbocycles. The van der Waals surface area contributed by atoms with Crippen LogP contribution in [0.2, 0.25) is 5.02 Å². The van der Waals surface area contributed by atoms with Gasteiger partial charge in [0.05, 0.1) is 6.54 Å². The first kappa shape index (κ1) is 19.1. The number of rotatable bonds is 7. The maximum Gasteiger partial charge on any atom is 0.240 e. The molecule has 0 saturated carbocycles. The summed E-state index contributed by atoms with van der Waals surface area (Å²) in [7, 11) is 0. The first-order chi connectivity index (χ1) is 13.8. The molecule has 0 spiro atoms.